The molecule has 1 fully saturated rings. The summed E-state index contributed by atoms with van der Waals surface area (Å²) in [7, 11) is 0. The first kappa shape index (κ1) is 16.8. The van der Waals surface area contributed by atoms with Crippen LogP contribution in [0.15, 0.2) is 24.3 Å². The fourth-order valence-electron chi connectivity index (χ4n) is 3.25. The van der Waals surface area contributed by atoms with Crippen molar-refractivity contribution in [3.8, 4) is 0 Å². The summed E-state index contributed by atoms with van der Waals surface area (Å²) in [4.78, 5) is 15.9. The van der Waals surface area contributed by atoms with Crippen molar-refractivity contribution in [2.75, 3.05) is 31.6 Å². The van der Waals surface area contributed by atoms with Gasteiger partial charge in [0.25, 0.3) is 0 Å². The van der Waals surface area contributed by atoms with Gasteiger partial charge in [0.1, 0.15) is 17.5 Å². The standard InChI is InChI=1S/C18H25N5O/c1-13-5-3-7-17(19-13)22-18-11-16(20-14(2)21-18)15-6-4-8-23(12-15)9-10-24/h3,5,7,11,15,24H,4,6,8-10,12H2,1-2H3,(H,19,20,21,22). The van der Waals surface area contributed by atoms with Crippen LogP contribution >= 0.6 is 0 Å². The number of β-amino-alcohol motifs (C(OH)–C–C–N with tert-alkyl or cyclic N) is 1. The van der Waals surface area contributed by atoms with Gasteiger partial charge in [-0.2, -0.15) is 0 Å². The number of nitrogens with one attached hydrogen (secondary N) is 1. The molecule has 128 valence electrons. The molecule has 0 radical (unpaired) electrons. The monoisotopic (exact) mass is 327 g/mol. The number of nitrogens with zero attached hydrogens (tertiary/aromatic N) is 4. The highest BCUT2D eigenvalue weighted by Crippen LogP contribution is 2.27. The summed E-state index contributed by atoms with van der Waals surface area (Å²) in [5.74, 6) is 2.74. The highest BCUT2D eigenvalue weighted by molar-refractivity contribution is 5.52. The molecule has 3 heterocycles. The van der Waals surface area contributed by atoms with Gasteiger partial charge in [0.05, 0.1) is 12.3 Å². The normalized spacial score (nSPS) is 18.5. The Morgan fingerprint density at radius 3 is 2.88 bits per heavy atom. The van der Waals surface area contributed by atoms with Crippen molar-refractivity contribution >= 4 is 11.6 Å². The summed E-state index contributed by atoms with van der Waals surface area (Å²) in [5.41, 5.74) is 2.04. The smallest absolute Gasteiger partial charge is 0.135 e. The number of aliphatic hydroxyl groups is 1. The molecule has 1 atom stereocenters. The average molecular weight is 327 g/mol. The van der Waals surface area contributed by atoms with Gasteiger partial charge in [-0.25, -0.2) is 15.0 Å². The Hall–Kier alpha value is -2.05. The van der Waals surface area contributed by atoms with E-state index in [0.29, 0.717) is 5.92 Å². The maximum atomic E-state index is 9.17. The zero-order valence-electron chi connectivity index (χ0n) is 14.4. The van der Waals surface area contributed by atoms with Gasteiger partial charge < -0.3 is 15.3 Å². The molecule has 1 aliphatic heterocycles. The predicted octanol–water partition coefficient (Wildman–Crippen LogP) is 2.40. The number of aliphatic hydroxyl groups excluding tert-OH is 1. The van der Waals surface area contributed by atoms with E-state index in [1.54, 1.807) is 0 Å². The molecular weight excluding hydrogens is 302 g/mol. The van der Waals surface area contributed by atoms with Gasteiger partial charge in [0.15, 0.2) is 0 Å². The van der Waals surface area contributed by atoms with E-state index < -0.39 is 0 Å². The first-order chi connectivity index (χ1) is 11.6. The second-order valence-corrected chi connectivity index (χ2v) is 6.38. The molecule has 1 unspecified atom stereocenters. The van der Waals surface area contributed by atoms with E-state index in [-0.39, 0.29) is 6.61 Å². The number of rotatable bonds is 5. The number of piperidine rings is 1. The summed E-state index contributed by atoms with van der Waals surface area (Å²) in [6, 6.07) is 7.92. The maximum absolute atomic E-state index is 9.17. The summed E-state index contributed by atoms with van der Waals surface area (Å²) < 4.78 is 0. The molecule has 1 saturated heterocycles. The van der Waals surface area contributed by atoms with Crippen LogP contribution in [-0.4, -0.2) is 51.2 Å². The summed E-state index contributed by atoms with van der Waals surface area (Å²) in [6.07, 6.45) is 2.26. The molecule has 0 aliphatic carbocycles. The molecule has 0 saturated carbocycles. The molecule has 2 aromatic heterocycles. The fourth-order valence-corrected chi connectivity index (χ4v) is 3.25. The van der Waals surface area contributed by atoms with E-state index >= 15 is 0 Å². The second kappa shape index (κ2) is 7.68. The zero-order chi connectivity index (χ0) is 16.9. The lowest BCUT2D eigenvalue weighted by Crippen LogP contribution is -2.36. The summed E-state index contributed by atoms with van der Waals surface area (Å²) in [5, 5.41) is 12.5. The first-order valence-corrected chi connectivity index (χ1v) is 8.53. The van der Waals surface area contributed by atoms with Crippen molar-refractivity contribution in [3.63, 3.8) is 0 Å². The first-order valence-electron chi connectivity index (χ1n) is 8.53. The highest BCUT2D eigenvalue weighted by atomic mass is 16.3. The minimum absolute atomic E-state index is 0.210. The van der Waals surface area contributed by atoms with E-state index in [9.17, 15) is 0 Å². The Labute approximate surface area is 143 Å². The molecule has 2 aromatic rings. The predicted molar refractivity (Wildman–Crippen MR) is 94.5 cm³/mol. The Bertz CT molecular complexity index is 689. The molecular formula is C18H25N5O. The number of aromatic nitrogens is 3. The van der Waals surface area contributed by atoms with Gasteiger partial charge in [-0.1, -0.05) is 6.07 Å². The Morgan fingerprint density at radius 2 is 2.08 bits per heavy atom. The molecule has 0 aromatic carbocycles. The van der Waals surface area contributed by atoms with Crippen LogP contribution in [0.5, 0.6) is 0 Å². The quantitative estimate of drug-likeness (QED) is 0.878. The van der Waals surface area contributed by atoms with Gasteiger partial charge in [-0.05, 0) is 45.4 Å². The number of aryl methyl sites for hydroxylation is 2. The third kappa shape index (κ3) is 4.27. The average Bonchev–Trinajstić information content (AvgIpc) is 2.55. The summed E-state index contributed by atoms with van der Waals surface area (Å²) in [6.45, 7) is 6.84. The molecule has 1 aliphatic rings. The van der Waals surface area contributed by atoms with Crippen molar-refractivity contribution in [1.82, 2.24) is 19.9 Å². The van der Waals surface area contributed by atoms with Gasteiger partial charge in [0.2, 0.25) is 0 Å². The topological polar surface area (TPSA) is 74.2 Å². The van der Waals surface area contributed by atoms with E-state index in [4.69, 9.17) is 5.11 Å². The third-order valence-corrected chi connectivity index (χ3v) is 4.34. The van der Waals surface area contributed by atoms with Gasteiger partial charge in [0, 0.05) is 30.8 Å². The number of pyridine rings is 1. The maximum Gasteiger partial charge on any atom is 0.135 e. The SMILES string of the molecule is Cc1cccc(Nc2cc(C3CCCN(CCO)C3)nc(C)n2)n1. The van der Waals surface area contributed by atoms with Crippen LogP contribution in [0.25, 0.3) is 0 Å². The van der Waals surface area contributed by atoms with Crippen LogP contribution in [-0.2, 0) is 0 Å². The van der Waals surface area contributed by atoms with Crippen LogP contribution in [0.4, 0.5) is 11.6 Å². The molecule has 24 heavy (non-hydrogen) atoms. The van der Waals surface area contributed by atoms with Gasteiger partial charge in [-0.15, -0.1) is 0 Å². The van der Waals surface area contributed by atoms with E-state index in [0.717, 1.165) is 61.3 Å². The van der Waals surface area contributed by atoms with Gasteiger partial charge >= 0.3 is 0 Å². The Balaban J connectivity index is 1.78. The van der Waals surface area contributed by atoms with Crippen LogP contribution in [0.2, 0.25) is 0 Å². The second-order valence-electron chi connectivity index (χ2n) is 6.38. The molecule has 0 bridgehead atoms. The molecule has 6 nitrogen and oxygen atoms in total. The zero-order valence-corrected chi connectivity index (χ0v) is 14.4. The number of likely N-dealkylation sites (tertiary alicyclic amines) is 1. The van der Waals surface area contributed by atoms with Crippen molar-refractivity contribution < 1.29 is 5.11 Å². The Morgan fingerprint density at radius 1 is 1.21 bits per heavy atom. The largest absolute Gasteiger partial charge is 0.395 e. The van der Waals surface area contributed by atoms with Crippen molar-refractivity contribution in [3.05, 3.63) is 41.5 Å². The molecule has 0 amide bonds. The van der Waals surface area contributed by atoms with Crippen molar-refractivity contribution in [2.45, 2.75) is 32.6 Å². The van der Waals surface area contributed by atoms with Crippen LogP contribution in [0.1, 0.15) is 36.0 Å². The number of anilines is 2. The minimum Gasteiger partial charge on any atom is -0.395 e. The lowest BCUT2D eigenvalue weighted by molar-refractivity contribution is 0.160. The Kier molecular flexibility index (Phi) is 5.37. The van der Waals surface area contributed by atoms with E-state index in [2.05, 4.69) is 25.2 Å². The minimum atomic E-state index is 0.210. The number of hydrogen-bond donors (Lipinski definition) is 2. The van der Waals surface area contributed by atoms with E-state index in [1.165, 1.54) is 0 Å². The van der Waals surface area contributed by atoms with E-state index in [1.807, 2.05) is 38.1 Å². The van der Waals surface area contributed by atoms with Crippen molar-refractivity contribution in [2.24, 2.45) is 0 Å². The fraction of sp³-hybridized carbons (Fsp3) is 0.500. The summed E-state index contributed by atoms with van der Waals surface area (Å²) >= 11 is 0. The van der Waals surface area contributed by atoms with Crippen LogP contribution in [0, 0.1) is 13.8 Å². The third-order valence-electron chi connectivity index (χ3n) is 4.34. The molecule has 3 rings (SSSR count). The number of hydrogen-bond acceptors (Lipinski definition) is 6. The van der Waals surface area contributed by atoms with Crippen molar-refractivity contribution in [1.29, 1.82) is 0 Å². The molecule has 2 N–H and O–H groups in total. The lowest BCUT2D eigenvalue weighted by atomic mass is 9.94. The van der Waals surface area contributed by atoms with Crippen LogP contribution in [0.3, 0.4) is 0 Å². The molecule has 0 spiro atoms. The molecule has 6 heteroatoms. The lowest BCUT2D eigenvalue weighted by Gasteiger charge is -2.32. The highest BCUT2D eigenvalue weighted by Gasteiger charge is 2.22. The van der Waals surface area contributed by atoms with Crippen LogP contribution < -0.4 is 5.32 Å². The van der Waals surface area contributed by atoms with Gasteiger partial charge in [-0.3, -0.25) is 0 Å².